The van der Waals surface area contributed by atoms with Crippen LogP contribution in [0.1, 0.15) is 66.2 Å². The van der Waals surface area contributed by atoms with Crippen molar-refractivity contribution in [1.29, 1.82) is 0 Å². The van der Waals surface area contributed by atoms with Crippen LogP contribution in [-0.4, -0.2) is 44.3 Å². The van der Waals surface area contributed by atoms with Crippen molar-refractivity contribution in [1.82, 2.24) is 10.6 Å². The van der Waals surface area contributed by atoms with Gasteiger partial charge in [0.05, 0.1) is 0 Å². The summed E-state index contributed by atoms with van der Waals surface area (Å²) >= 11 is 0. The molecule has 2 aliphatic carbocycles. The first kappa shape index (κ1) is 30.1. The second-order valence-corrected chi connectivity index (χ2v) is 11.6. The highest BCUT2D eigenvalue weighted by Crippen LogP contribution is 2.45. The molecule has 0 fully saturated rings. The third kappa shape index (κ3) is 6.48. The lowest BCUT2D eigenvalue weighted by atomic mass is 9.98. The smallest absolute Gasteiger partial charge is 0.407 e. The number of unbranched alkanes of at least 4 members (excludes halogenated alkanes) is 2. The first-order valence-electron chi connectivity index (χ1n) is 15.7. The Balaban J connectivity index is 0.940. The molecule has 4 aromatic rings. The van der Waals surface area contributed by atoms with E-state index in [1.807, 2.05) is 48.5 Å². The van der Waals surface area contributed by atoms with Gasteiger partial charge in [-0.2, -0.15) is 0 Å². The highest BCUT2D eigenvalue weighted by molar-refractivity contribution is 5.85. The van der Waals surface area contributed by atoms with E-state index in [9.17, 15) is 14.4 Å². The summed E-state index contributed by atoms with van der Waals surface area (Å²) < 4.78 is 11.4. The number of amides is 2. The molecule has 0 radical (unpaired) electrons. The SMILES string of the molecule is CNC(=O)[C@H](CCCCCC(=O)OCC1c2ccccc2-c2ccccc21)NC(=O)OCC1c2ccccc2-c2ccccc21. The number of alkyl carbamates (subject to hydrolysis) is 1. The van der Waals surface area contributed by atoms with Crippen LogP contribution in [0.2, 0.25) is 0 Å². The third-order valence-corrected chi connectivity index (χ3v) is 8.95. The average Bonchev–Trinajstić information content (AvgIpc) is 3.57. The van der Waals surface area contributed by atoms with E-state index in [1.165, 1.54) is 22.3 Å². The summed E-state index contributed by atoms with van der Waals surface area (Å²) in [4.78, 5) is 37.9. The van der Waals surface area contributed by atoms with Crippen molar-refractivity contribution in [3.63, 3.8) is 0 Å². The van der Waals surface area contributed by atoms with Crippen LogP contribution < -0.4 is 10.6 Å². The molecular weight excluding hydrogens is 564 g/mol. The Morgan fingerprint density at radius 1 is 0.622 bits per heavy atom. The lowest BCUT2D eigenvalue weighted by molar-refractivity contribution is -0.144. The number of nitrogens with one attached hydrogen (secondary N) is 2. The fraction of sp³-hybridized carbons (Fsp3) is 0.289. The molecule has 0 aromatic heterocycles. The maximum atomic E-state index is 12.8. The molecule has 0 bridgehead atoms. The van der Waals surface area contributed by atoms with Gasteiger partial charge in [-0.3, -0.25) is 9.59 Å². The van der Waals surface area contributed by atoms with Gasteiger partial charge < -0.3 is 20.1 Å². The molecule has 45 heavy (non-hydrogen) atoms. The zero-order valence-electron chi connectivity index (χ0n) is 25.5. The summed E-state index contributed by atoms with van der Waals surface area (Å²) in [6.45, 7) is 0.496. The van der Waals surface area contributed by atoms with E-state index in [4.69, 9.17) is 9.47 Å². The van der Waals surface area contributed by atoms with Gasteiger partial charge in [-0.25, -0.2) is 4.79 Å². The van der Waals surface area contributed by atoms with Crippen molar-refractivity contribution >= 4 is 18.0 Å². The number of carbonyl (C=O) groups excluding carboxylic acids is 3. The number of benzene rings is 4. The molecule has 230 valence electrons. The molecule has 0 spiro atoms. The number of fused-ring (bicyclic) bond motifs is 6. The number of hydrogen-bond donors (Lipinski definition) is 2. The summed E-state index contributed by atoms with van der Waals surface area (Å²) in [7, 11) is 1.55. The van der Waals surface area contributed by atoms with Gasteiger partial charge >= 0.3 is 12.1 Å². The molecule has 0 saturated heterocycles. The molecule has 0 heterocycles. The quantitative estimate of drug-likeness (QED) is 0.135. The molecule has 2 N–H and O–H groups in total. The minimum absolute atomic E-state index is 0.0404. The van der Waals surface area contributed by atoms with Gasteiger partial charge in [0.15, 0.2) is 0 Å². The van der Waals surface area contributed by atoms with Gasteiger partial charge in [0.2, 0.25) is 5.91 Å². The van der Waals surface area contributed by atoms with Gasteiger partial charge in [-0.15, -0.1) is 0 Å². The average molecular weight is 603 g/mol. The van der Waals surface area contributed by atoms with Crippen LogP contribution in [-0.2, 0) is 19.1 Å². The molecule has 2 amide bonds. The van der Waals surface area contributed by atoms with Crippen molar-refractivity contribution in [2.75, 3.05) is 20.3 Å². The molecule has 0 aliphatic heterocycles. The summed E-state index contributed by atoms with van der Waals surface area (Å²) in [6.07, 6.45) is 2.16. The number of rotatable bonds is 12. The zero-order chi connectivity index (χ0) is 31.2. The molecule has 6 rings (SSSR count). The fourth-order valence-corrected chi connectivity index (χ4v) is 6.71. The first-order valence-corrected chi connectivity index (χ1v) is 15.7. The maximum absolute atomic E-state index is 12.8. The van der Waals surface area contributed by atoms with Crippen LogP contribution in [0.3, 0.4) is 0 Å². The zero-order valence-corrected chi connectivity index (χ0v) is 25.5. The van der Waals surface area contributed by atoms with Crippen LogP contribution in [0, 0.1) is 0 Å². The van der Waals surface area contributed by atoms with Crippen LogP contribution in [0.25, 0.3) is 22.3 Å². The van der Waals surface area contributed by atoms with Crippen molar-refractivity contribution in [3.05, 3.63) is 119 Å². The molecule has 1 atom stereocenters. The number of ether oxygens (including phenoxy) is 2. The van der Waals surface area contributed by atoms with Gasteiger partial charge in [0, 0.05) is 25.3 Å². The number of hydrogen-bond acceptors (Lipinski definition) is 5. The Morgan fingerprint density at radius 2 is 1.07 bits per heavy atom. The second-order valence-electron chi connectivity index (χ2n) is 11.6. The van der Waals surface area contributed by atoms with E-state index in [0.29, 0.717) is 32.3 Å². The van der Waals surface area contributed by atoms with E-state index in [0.717, 1.165) is 28.7 Å². The topological polar surface area (TPSA) is 93.7 Å². The molecular formula is C38H38N2O5. The summed E-state index contributed by atoms with van der Waals surface area (Å²) in [5.41, 5.74) is 9.35. The maximum Gasteiger partial charge on any atom is 0.407 e. The number of esters is 1. The van der Waals surface area contributed by atoms with Crippen molar-refractivity contribution in [2.45, 2.75) is 50.0 Å². The minimum atomic E-state index is -0.722. The molecule has 0 saturated carbocycles. The molecule has 7 heteroatoms. The van der Waals surface area contributed by atoms with Crippen LogP contribution in [0.15, 0.2) is 97.1 Å². The van der Waals surface area contributed by atoms with Crippen LogP contribution in [0.5, 0.6) is 0 Å². The molecule has 2 aliphatic rings. The van der Waals surface area contributed by atoms with E-state index in [-0.39, 0.29) is 30.3 Å². The largest absolute Gasteiger partial charge is 0.465 e. The first-order chi connectivity index (χ1) is 22.0. The van der Waals surface area contributed by atoms with Gasteiger partial charge in [0.1, 0.15) is 19.3 Å². The Labute approximate surface area is 264 Å². The standard InChI is InChI=1S/C38H38N2O5/c1-39-37(42)35(40-38(43)45-24-34-31-19-11-7-15-27(31)28-16-8-12-20-32(28)34)21-3-2-4-22-36(41)44-23-33-29-17-9-5-13-25(29)26-14-6-10-18-30(26)33/h5-20,33-35H,2-4,21-24H2,1H3,(H,39,42)(H,40,43)/t35-/m0/s1. The van der Waals surface area contributed by atoms with Gasteiger partial charge in [-0.05, 0) is 57.3 Å². The molecule has 0 unspecified atom stereocenters. The predicted octanol–water partition coefficient (Wildman–Crippen LogP) is 6.95. The summed E-state index contributed by atoms with van der Waals surface area (Å²) in [5, 5.41) is 5.37. The van der Waals surface area contributed by atoms with Crippen LogP contribution in [0.4, 0.5) is 4.79 Å². The Kier molecular flexibility index (Phi) is 9.24. The van der Waals surface area contributed by atoms with Gasteiger partial charge in [-0.1, -0.05) is 110 Å². The van der Waals surface area contributed by atoms with Crippen LogP contribution >= 0.6 is 0 Å². The summed E-state index contributed by atoms with van der Waals surface area (Å²) in [6, 6.07) is 32.1. The second kappa shape index (κ2) is 13.8. The molecule has 4 aromatic carbocycles. The lowest BCUT2D eigenvalue weighted by Crippen LogP contribution is -2.46. The normalized spacial score (nSPS) is 13.6. The molecule has 7 nitrogen and oxygen atoms in total. The Bertz CT molecular complexity index is 1610. The van der Waals surface area contributed by atoms with Gasteiger partial charge in [0.25, 0.3) is 0 Å². The van der Waals surface area contributed by atoms with E-state index in [2.05, 4.69) is 59.2 Å². The highest BCUT2D eigenvalue weighted by Gasteiger charge is 2.30. The van der Waals surface area contributed by atoms with Crippen molar-refractivity contribution < 1.29 is 23.9 Å². The summed E-state index contributed by atoms with van der Waals surface area (Å²) in [5.74, 6) is -0.519. The number of carbonyl (C=O) groups is 3. The Hall–Kier alpha value is -4.91. The van der Waals surface area contributed by atoms with E-state index in [1.54, 1.807) is 7.05 Å². The van der Waals surface area contributed by atoms with E-state index < -0.39 is 12.1 Å². The minimum Gasteiger partial charge on any atom is -0.465 e. The third-order valence-electron chi connectivity index (χ3n) is 8.95. The Morgan fingerprint density at radius 3 is 1.53 bits per heavy atom. The monoisotopic (exact) mass is 602 g/mol. The highest BCUT2D eigenvalue weighted by atomic mass is 16.5. The van der Waals surface area contributed by atoms with E-state index >= 15 is 0 Å². The van der Waals surface area contributed by atoms with Crippen molar-refractivity contribution in [3.8, 4) is 22.3 Å². The lowest BCUT2D eigenvalue weighted by Gasteiger charge is -2.19. The fourth-order valence-electron chi connectivity index (χ4n) is 6.71. The number of likely N-dealkylation sites (N-methyl/N-ethyl adjacent to an activating group) is 1. The predicted molar refractivity (Wildman–Crippen MR) is 174 cm³/mol. The van der Waals surface area contributed by atoms with Crippen molar-refractivity contribution in [2.24, 2.45) is 0 Å².